The van der Waals surface area contributed by atoms with Crippen LogP contribution in [-0.4, -0.2) is 54.5 Å². The molecule has 0 bridgehead atoms. The van der Waals surface area contributed by atoms with Gasteiger partial charge >= 0.3 is 5.97 Å². The van der Waals surface area contributed by atoms with Crippen molar-refractivity contribution in [2.45, 2.75) is 47.1 Å². The van der Waals surface area contributed by atoms with Crippen molar-refractivity contribution in [2.75, 3.05) is 37.7 Å². The third-order valence-electron chi connectivity index (χ3n) is 7.13. The van der Waals surface area contributed by atoms with Crippen molar-refractivity contribution in [2.24, 2.45) is 5.92 Å². The summed E-state index contributed by atoms with van der Waals surface area (Å²) in [5.41, 5.74) is 3.83. The predicted octanol–water partition coefficient (Wildman–Crippen LogP) is 4.94. The second-order valence-corrected chi connectivity index (χ2v) is 9.40. The van der Waals surface area contributed by atoms with Crippen LogP contribution in [0.25, 0.3) is 6.08 Å². The predicted molar refractivity (Wildman–Crippen MR) is 140 cm³/mol. The van der Waals surface area contributed by atoms with Crippen LogP contribution in [0.15, 0.2) is 36.1 Å². The fraction of sp³-hybridized carbons (Fsp3) is 0.448. The second kappa shape index (κ2) is 11.2. The molecule has 0 spiro atoms. The summed E-state index contributed by atoms with van der Waals surface area (Å²) >= 11 is 0. The molecule has 2 aliphatic heterocycles. The van der Waals surface area contributed by atoms with E-state index >= 15 is 0 Å². The summed E-state index contributed by atoms with van der Waals surface area (Å²) in [6.07, 6.45) is 3.18. The highest BCUT2D eigenvalue weighted by atomic mass is 16.5. The van der Waals surface area contributed by atoms with Crippen LogP contribution in [0.3, 0.4) is 0 Å². The zero-order chi connectivity index (χ0) is 25.8. The Hall–Kier alpha value is -3.32. The number of aromatic hydroxyl groups is 1. The van der Waals surface area contributed by atoms with Crippen LogP contribution >= 0.6 is 0 Å². The Morgan fingerprint density at radius 1 is 1.17 bits per heavy atom. The number of nitrogens with zero attached hydrogens (tertiary/aromatic N) is 2. The molecule has 7 nitrogen and oxygen atoms in total. The van der Waals surface area contributed by atoms with Gasteiger partial charge in [-0.05, 0) is 89.0 Å². The van der Waals surface area contributed by atoms with Crippen molar-refractivity contribution < 1.29 is 24.2 Å². The van der Waals surface area contributed by atoms with Crippen molar-refractivity contribution >= 4 is 23.5 Å². The van der Waals surface area contributed by atoms with E-state index < -0.39 is 0 Å². The maximum atomic E-state index is 13.3. The van der Waals surface area contributed by atoms with Crippen LogP contribution in [0, 0.1) is 12.8 Å². The SMILES string of the molecule is CCOC(=O)C1CCN(Cc2c(O)cc(C)c3c2O/C(=C/c2ccc(N(CC)CC)cc2)C3=O)CC1. The summed E-state index contributed by atoms with van der Waals surface area (Å²) in [7, 11) is 0. The number of hydrogen-bond acceptors (Lipinski definition) is 7. The number of phenols is 1. The van der Waals surface area contributed by atoms with Gasteiger partial charge in [0.15, 0.2) is 5.76 Å². The molecule has 2 aromatic carbocycles. The summed E-state index contributed by atoms with van der Waals surface area (Å²) in [6.45, 7) is 12.0. The van der Waals surface area contributed by atoms with Gasteiger partial charge in [-0.2, -0.15) is 0 Å². The number of likely N-dealkylation sites (tertiary alicyclic amines) is 1. The quantitative estimate of drug-likeness (QED) is 0.413. The van der Waals surface area contributed by atoms with Crippen molar-refractivity contribution in [3.05, 3.63) is 58.3 Å². The van der Waals surface area contributed by atoms with E-state index in [9.17, 15) is 14.7 Å². The van der Waals surface area contributed by atoms with Gasteiger partial charge in [-0.15, -0.1) is 0 Å². The first kappa shape index (κ1) is 25.8. The van der Waals surface area contributed by atoms with E-state index in [0.29, 0.717) is 61.5 Å². The lowest BCUT2D eigenvalue weighted by atomic mass is 9.95. The molecule has 192 valence electrons. The molecule has 0 unspecified atom stereocenters. The minimum atomic E-state index is -0.169. The number of ketones is 1. The topological polar surface area (TPSA) is 79.3 Å². The Balaban J connectivity index is 1.53. The number of esters is 1. The summed E-state index contributed by atoms with van der Waals surface area (Å²) in [5, 5.41) is 10.8. The van der Waals surface area contributed by atoms with Crippen molar-refractivity contribution in [1.82, 2.24) is 4.90 Å². The molecule has 7 heteroatoms. The molecule has 0 aromatic heterocycles. The maximum Gasteiger partial charge on any atom is 0.309 e. The van der Waals surface area contributed by atoms with E-state index in [-0.39, 0.29) is 29.2 Å². The van der Waals surface area contributed by atoms with E-state index in [1.807, 2.05) is 38.1 Å². The molecule has 1 N–H and O–H groups in total. The van der Waals surface area contributed by atoms with E-state index in [0.717, 1.165) is 24.3 Å². The van der Waals surface area contributed by atoms with Crippen LogP contribution < -0.4 is 9.64 Å². The normalized spacial score (nSPS) is 17.2. The number of Topliss-reactive ketones (excluding diaryl/α,β-unsaturated/α-hetero) is 1. The molecular weight excluding hydrogens is 456 g/mol. The lowest BCUT2D eigenvalue weighted by Gasteiger charge is -2.31. The molecular formula is C29H36N2O5. The van der Waals surface area contributed by atoms with Gasteiger partial charge in [-0.25, -0.2) is 0 Å². The van der Waals surface area contributed by atoms with Gasteiger partial charge in [0.25, 0.3) is 0 Å². The van der Waals surface area contributed by atoms with Crippen LogP contribution in [0.2, 0.25) is 0 Å². The highest BCUT2D eigenvalue weighted by Gasteiger charge is 2.34. The Kier molecular flexibility index (Phi) is 7.99. The minimum absolute atomic E-state index is 0.0842. The Bertz CT molecular complexity index is 1140. The van der Waals surface area contributed by atoms with E-state index in [4.69, 9.17) is 9.47 Å². The highest BCUT2D eigenvalue weighted by molar-refractivity contribution is 6.15. The maximum absolute atomic E-state index is 13.3. The van der Waals surface area contributed by atoms with Crippen molar-refractivity contribution in [3.63, 3.8) is 0 Å². The minimum Gasteiger partial charge on any atom is -0.507 e. The van der Waals surface area contributed by atoms with Crippen LogP contribution in [0.4, 0.5) is 5.69 Å². The average Bonchev–Trinajstić information content (AvgIpc) is 3.20. The number of allylic oxidation sites excluding steroid dienone is 1. The van der Waals surface area contributed by atoms with Crippen molar-refractivity contribution in [1.29, 1.82) is 0 Å². The van der Waals surface area contributed by atoms with Gasteiger partial charge in [0.2, 0.25) is 5.78 Å². The number of carbonyl (C=O) groups excluding carboxylic acids is 2. The molecule has 1 saturated heterocycles. The fourth-order valence-corrected chi connectivity index (χ4v) is 5.06. The van der Waals surface area contributed by atoms with Gasteiger partial charge in [-0.3, -0.25) is 14.5 Å². The summed E-state index contributed by atoms with van der Waals surface area (Å²) < 4.78 is 11.3. The lowest BCUT2D eigenvalue weighted by molar-refractivity contribution is -0.149. The number of carbonyl (C=O) groups is 2. The zero-order valence-electron chi connectivity index (χ0n) is 21.7. The summed E-state index contributed by atoms with van der Waals surface area (Å²) in [5.74, 6) is 0.436. The number of fused-ring (bicyclic) bond motifs is 1. The van der Waals surface area contributed by atoms with Gasteiger partial charge in [0, 0.05) is 25.3 Å². The number of ether oxygens (including phenoxy) is 2. The largest absolute Gasteiger partial charge is 0.507 e. The number of hydrogen-bond donors (Lipinski definition) is 1. The monoisotopic (exact) mass is 492 g/mol. The van der Waals surface area contributed by atoms with Crippen LogP contribution in [-0.2, 0) is 16.1 Å². The van der Waals surface area contributed by atoms with E-state index in [1.165, 1.54) is 0 Å². The number of piperidine rings is 1. The first-order valence-corrected chi connectivity index (χ1v) is 12.9. The average molecular weight is 493 g/mol. The Morgan fingerprint density at radius 2 is 1.83 bits per heavy atom. The second-order valence-electron chi connectivity index (χ2n) is 9.40. The third kappa shape index (κ3) is 5.26. The number of phenolic OH excluding ortho intramolecular Hbond substituents is 1. The van der Waals surface area contributed by atoms with Gasteiger partial charge in [0.1, 0.15) is 11.5 Å². The molecule has 0 saturated carbocycles. The molecule has 0 aliphatic carbocycles. The molecule has 0 radical (unpaired) electrons. The molecule has 2 aromatic rings. The van der Waals surface area contributed by atoms with E-state index in [1.54, 1.807) is 12.1 Å². The Morgan fingerprint density at radius 3 is 2.44 bits per heavy atom. The van der Waals surface area contributed by atoms with Crippen molar-refractivity contribution in [3.8, 4) is 11.5 Å². The smallest absolute Gasteiger partial charge is 0.309 e. The van der Waals surface area contributed by atoms with Gasteiger partial charge < -0.3 is 19.5 Å². The Labute approximate surface area is 213 Å². The standard InChI is InChI=1S/C29H36N2O5/c1-5-31(6-2)22-10-8-20(9-11-22)17-25-27(33)26-19(4)16-24(32)23(28(26)36-25)18-30-14-12-21(13-15-30)29(34)35-7-3/h8-11,16-17,21,32H,5-7,12-15,18H2,1-4H3/b25-17+. The summed E-state index contributed by atoms with van der Waals surface area (Å²) in [4.78, 5) is 29.8. The molecule has 2 aliphatic rings. The number of benzene rings is 2. The number of rotatable bonds is 8. The zero-order valence-corrected chi connectivity index (χ0v) is 21.7. The summed E-state index contributed by atoms with van der Waals surface area (Å²) in [6, 6.07) is 9.71. The molecule has 0 amide bonds. The number of aryl methyl sites for hydroxylation is 1. The van der Waals surface area contributed by atoms with Gasteiger partial charge in [-0.1, -0.05) is 12.1 Å². The number of anilines is 1. The lowest BCUT2D eigenvalue weighted by Crippen LogP contribution is -2.36. The van der Waals surface area contributed by atoms with Gasteiger partial charge in [0.05, 0.1) is 23.7 Å². The highest BCUT2D eigenvalue weighted by Crippen LogP contribution is 2.42. The van der Waals surface area contributed by atoms with E-state index in [2.05, 4.69) is 23.6 Å². The van der Waals surface area contributed by atoms with Crippen LogP contribution in [0.5, 0.6) is 11.5 Å². The third-order valence-corrected chi connectivity index (χ3v) is 7.13. The van der Waals surface area contributed by atoms with Crippen LogP contribution in [0.1, 0.15) is 60.7 Å². The molecule has 1 fully saturated rings. The first-order valence-electron chi connectivity index (χ1n) is 12.9. The molecule has 36 heavy (non-hydrogen) atoms. The first-order chi connectivity index (χ1) is 17.4. The molecule has 4 rings (SSSR count). The molecule has 0 atom stereocenters. The fourth-order valence-electron chi connectivity index (χ4n) is 5.06. The molecule has 2 heterocycles.